The third kappa shape index (κ3) is 3.06. The minimum atomic E-state index is -0.397. The number of carbonyl (C=O) groups is 1. The standard InChI is InChI=1S/C9H10BNO/c11-9(12)6-7-10-8-4-2-1-3-5-8/h1-7,10H,(H2,11,12). The second-order valence-corrected chi connectivity index (χ2v) is 2.49. The molecule has 0 bridgehead atoms. The minimum absolute atomic E-state index is 0.397. The Balaban J connectivity index is 2.49. The van der Waals surface area contributed by atoms with Gasteiger partial charge in [-0.2, -0.15) is 0 Å². The molecule has 0 atom stereocenters. The smallest absolute Gasteiger partial charge is 0.240 e. The highest BCUT2D eigenvalue weighted by molar-refractivity contribution is 6.58. The monoisotopic (exact) mass is 159 g/mol. The van der Waals surface area contributed by atoms with Gasteiger partial charge < -0.3 is 5.73 Å². The fourth-order valence-electron chi connectivity index (χ4n) is 0.925. The zero-order chi connectivity index (χ0) is 8.81. The summed E-state index contributed by atoms with van der Waals surface area (Å²) in [6, 6.07) is 9.90. The third-order valence-electron chi connectivity index (χ3n) is 1.48. The molecule has 0 aliphatic rings. The van der Waals surface area contributed by atoms with E-state index in [2.05, 4.69) is 0 Å². The lowest BCUT2D eigenvalue weighted by Gasteiger charge is -1.90. The van der Waals surface area contributed by atoms with Gasteiger partial charge in [0.25, 0.3) is 0 Å². The van der Waals surface area contributed by atoms with E-state index in [1.54, 1.807) is 5.98 Å². The van der Waals surface area contributed by atoms with E-state index in [9.17, 15) is 4.79 Å². The first-order valence-electron chi connectivity index (χ1n) is 3.79. The molecule has 0 aliphatic heterocycles. The normalized spacial score (nSPS) is 10.0. The molecule has 0 aliphatic carbocycles. The van der Waals surface area contributed by atoms with E-state index < -0.39 is 5.91 Å². The van der Waals surface area contributed by atoms with Gasteiger partial charge >= 0.3 is 0 Å². The molecule has 3 heteroatoms. The molecule has 0 saturated carbocycles. The molecule has 1 amide bonds. The molecule has 1 aromatic rings. The molecular formula is C9H10BNO. The molecule has 0 spiro atoms. The Bertz CT molecular complexity index is 282. The summed E-state index contributed by atoms with van der Waals surface area (Å²) >= 11 is 0. The molecule has 0 aromatic heterocycles. The molecule has 0 fully saturated rings. The van der Waals surface area contributed by atoms with Crippen LogP contribution in [0.2, 0.25) is 0 Å². The SMILES string of the molecule is NC(=O)C=CBc1ccccc1. The largest absolute Gasteiger partial charge is 0.366 e. The van der Waals surface area contributed by atoms with E-state index in [0.29, 0.717) is 0 Å². The fourth-order valence-corrected chi connectivity index (χ4v) is 0.925. The molecule has 60 valence electrons. The van der Waals surface area contributed by atoms with Crippen molar-refractivity contribution in [2.24, 2.45) is 5.73 Å². The van der Waals surface area contributed by atoms with Gasteiger partial charge in [-0.1, -0.05) is 35.8 Å². The molecule has 1 rings (SSSR count). The van der Waals surface area contributed by atoms with Crippen molar-refractivity contribution in [1.82, 2.24) is 0 Å². The van der Waals surface area contributed by atoms with Gasteiger partial charge in [-0.15, -0.1) is 5.98 Å². The van der Waals surface area contributed by atoms with Crippen LogP contribution < -0.4 is 11.2 Å². The molecule has 2 N–H and O–H groups in total. The van der Waals surface area contributed by atoms with E-state index in [-0.39, 0.29) is 0 Å². The lowest BCUT2D eigenvalue weighted by atomic mass is 9.70. The quantitative estimate of drug-likeness (QED) is 0.479. The molecular weight excluding hydrogens is 149 g/mol. The van der Waals surface area contributed by atoms with Gasteiger partial charge in [-0.05, 0) is 6.08 Å². The van der Waals surface area contributed by atoms with Crippen molar-refractivity contribution in [2.45, 2.75) is 0 Å². The molecule has 0 saturated heterocycles. The van der Waals surface area contributed by atoms with E-state index in [1.165, 1.54) is 11.5 Å². The van der Waals surface area contributed by atoms with Crippen molar-refractivity contribution >= 4 is 18.6 Å². The highest BCUT2D eigenvalue weighted by atomic mass is 16.1. The van der Waals surface area contributed by atoms with Crippen molar-refractivity contribution in [3.8, 4) is 0 Å². The maximum absolute atomic E-state index is 10.3. The summed E-state index contributed by atoms with van der Waals surface area (Å²) in [5.41, 5.74) is 6.11. The minimum Gasteiger partial charge on any atom is -0.366 e. The number of nitrogens with two attached hydrogens (primary N) is 1. The van der Waals surface area contributed by atoms with Crippen LogP contribution in [0.1, 0.15) is 0 Å². The number of primary amides is 1. The Hall–Kier alpha value is -1.51. The summed E-state index contributed by atoms with van der Waals surface area (Å²) in [5.74, 6) is 1.36. The van der Waals surface area contributed by atoms with E-state index >= 15 is 0 Å². The Morgan fingerprint density at radius 1 is 1.33 bits per heavy atom. The van der Waals surface area contributed by atoms with Crippen LogP contribution in [0.3, 0.4) is 0 Å². The van der Waals surface area contributed by atoms with Gasteiger partial charge in [-0.25, -0.2) is 0 Å². The highest BCUT2D eigenvalue weighted by Gasteiger charge is 1.89. The van der Waals surface area contributed by atoms with Crippen molar-refractivity contribution in [2.75, 3.05) is 0 Å². The van der Waals surface area contributed by atoms with Crippen LogP contribution in [0, 0.1) is 0 Å². The Labute approximate surface area is 72.3 Å². The Kier molecular flexibility index (Phi) is 3.14. The fraction of sp³-hybridized carbons (Fsp3) is 0. The summed E-state index contributed by atoms with van der Waals surface area (Å²) in [6.07, 6.45) is 1.38. The Morgan fingerprint density at radius 2 is 2.00 bits per heavy atom. The van der Waals surface area contributed by atoms with Gasteiger partial charge in [0.15, 0.2) is 7.28 Å². The summed E-state index contributed by atoms with van der Waals surface area (Å²) in [4.78, 5) is 10.3. The summed E-state index contributed by atoms with van der Waals surface area (Å²) in [5, 5.41) is 0. The maximum Gasteiger partial charge on any atom is 0.240 e. The molecule has 0 radical (unpaired) electrons. The lowest BCUT2D eigenvalue weighted by molar-refractivity contribution is -0.113. The second kappa shape index (κ2) is 4.39. The van der Waals surface area contributed by atoms with Crippen LogP contribution in [0.25, 0.3) is 0 Å². The van der Waals surface area contributed by atoms with Crippen LogP contribution in [-0.4, -0.2) is 13.2 Å². The van der Waals surface area contributed by atoms with Crippen molar-refractivity contribution in [3.05, 3.63) is 42.4 Å². The molecule has 0 unspecified atom stereocenters. The average Bonchev–Trinajstić information content (AvgIpc) is 2.05. The second-order valence-electron chi connectivity index (χ2n) is 2.49. The zero-order valence-electron chi connectivity index (χ0n) is 6.73. The van der Waals surface area contributed by atoms with Crippen LogP contribution in [0.4, 0.5) is 0 Å². The lowest BCUT2D eigenvalue weighted by Crippen LogP contribution is -2.12. The highest BCUT2D eigenvalue weighted by Crippen LogP contribution is 1.81. The van der Waals surface area contributed by atoms with Crippen molar-refractivity contribution in [1.29, 1.82) is 0 Å². The third-order valence-corrected chi connectivity index (χ3v) is 1.48. The van der Waals surface area contributed by atoms with Gasteiger partial charge in [0.1, 0.15) is 0 Å². The first-order valence-corrected chi connectivity index (χ1v) is 3.79. The van der Waals surface area contributed by atoms with Crippen molar-refractivity contribution < 1.29 is 4.79 Å². The van der Waals surface area contributed by atoms with Crippen LogP contribution >= 0.6 is 0 Å². The van der Waals surface area contributed by atoms with E-state index in [1.807, 2.05) is 30.3 Å². The van der Waals surface area contributed by atoms with Crippen LogP contribution in [0.5, 0.6) is 0 Å². The number of rotatable bonds is 3. The molecule has 2 nitrogen and oxygen atoms in total. The number of hydrogen-bond acceptors (Lipinski definition) is 1. The van der Waals surface area contributed by atoms with Gasteiger partial charge in [0.05, 0.1) is 0 Å². The number of carbonyl (C=O) groups excluding carboxylic acids is 1. The van der Waals surface area contributed by atoms with Gasteiger partial charge in [-0.3, -0.25) is 4.79 Å². The predicted molar refractivity (Wildman–Crippen MR) is 51.6 cm³/mol. The summed E-state index contributed by atoms with van der Waals surface area (Å²) in [7, 11) is 0.754. The number of hydrogen-bond donors (Lipinski definition) is 1. The molecule has 1 aromatic carbocycles. The zero-order valence-corrected chi connectivity index (χ0v) is 6.73. The average molecular weight is 159 g/mol. The van der Waals surface area contributed by atoms with Gasteiger partial charge in [0, 0.05) is 0 Å². The topological polar surface area (TPSA) is 43.1 Å². The van der Waals surface area contributed by atoms with Gasteiger partial charge in [0.2, 0.25) is 5.91 Å². The summed E-state index contributed by atoms with van der Waals surface area (Å²) in [6.45, 7) is 0. The Morgan fingerprint density at radius 3 is 2.58 bits per heavy atom. The van der Waals surface area contributed by atoms with E-state index in [0.717, 1.165) is 7.28 Å². The van der Waals surface area contributed by atoms with E-state index in [4.69, 9.17) is 5.73 Å². The first kappa shape index (κ1) is 8.59. The maximum atomic E-state index is 10.3. The van der Waals surface area contributed by atoms with Crippen LogP contribution in [-0.2, 0) is 4.79 Å². The molecule has 12 heavy (non-hydrogen) atoms. The predicted octanol–water partition coefficient (Wildman–Crippen LogP) is -0.253. The summed E-state index contributed by atoms with van der Waals surface area (Å²) < 4.78 is 0. The molecule has 0 heterocycles. The van der Waals surface area contributed by atoms with Crippen molar-refractivity contribution in [3.63, 3.8) is 0 Å². The number of benzene rings is 1. The number of amides is 1. The first-order chi connectivity index (χ1) is 5.79. The van der Waals surface area contributed by atoms with Crippen LogP contribution in [0.15, 0.2) is 42.4 Å².